The molecule has 0 aliphatic heterocycles. The molecule has 0 aromatic carbocycles. The first-order valence-electron chi connectivity index (χ1n) is 3.95. The maximum atomic E-state index is 11.5. The third-order valence-corrected chi connectivity index (χ3v) is 4.76. The summed E-state index contributed by atoms with van der Waals surface area (Å²) in [7, 11) is -4.01. The van der Waals surface area contributed by atoms with Gasteiger partial charge in [0.05, 0.1) is 11.5 Å². The second-order valence-corrected chi connectivity index (χ2v) is 6.42. The van der Waals surface area contributed by atoms with Crippen LogP contribution in [0.1, 0.15) is 0 Å². The van der Waals surface area contributed by atoms with E-state index in [1.165, 1.54) is 0 Å². The van der Waals surface area contributed by atoms with Crippen LogP contribution >= 0.6 is 22.9 Å². The van der Waals surface area contributed by atoms with Gasteiger partial charge >= 0.3 is 0 Å². The van der Waals surface area contributed by atoms with E-state index < -0.39 is 33.1 Å². The second kappa shape index (κ2) is 4.96. The highest BCUT2D eigenvalue weighted by atomic mass is 35.5. The van der Waals surface area contributed by atoms with Crippen molar-refractivity contribution in [2.24, 2.45) is 5.73 Å². The maximum absolute atomic E-state index is 11.5. The number of nitrogens with two attached hydrogens (primary N) is 1. The van der Waals surface area contributed by atoms with Gasteiger partial charge in [-0.25, -0.2) is 13.1 Å². The van der Waals surface area contributed by atoms with Crippen molar-refractivity contribution in [2.45, 2.75) is 4.21 Å². The molecule has 8 nitrogen and oxygen atoms in total. The molecule has 1 rings (SSSR count). The first-order valence-corrected chi connectivity index (χ1v) is 6.63. The molecule has 0 saturated heterocycles. The van der Waals surface area contributed by atoms with E-state index in [0.29, 0.717) is 11.3 Å². The molecule has 1 heterocycles. The summed E-state index contributed by atoms with van der Waals surface area (Å²) < 4.78 is 24.3. The Balaban J connectivity index is 3.04. The zero-order valence-corrected chi connectivity index (χ0v) is 10.4. The fraction of sp³-hybridized carbons (Fsp3) is 0.167. The molecule has 94 valence electrons. The van der Waals surface area contributed by atoms with Crippen LogP contribution in [0, 0.1) is 10.1 Å². The monoisotopic (exact) mass is 299 g/mol. The summed E-state index contributed by atoms with van der Waals surface area (Å²) in [5.41, 5.74) is 4.26. The maximum Gasteiger partial charge on any atom is 0.300 e. The van der Waals surface area contributed by atoms with Crippen LogP contribution in [-0.2, 0) is 14.8 Å². The minimum atomic E-state index is -4.01. The number of hydrogen-bond donors (Lipinski definition) is 2. The van der Waals surface area contributed by atoms with E-state index in [2.05, 4.69) is 0 Å². The van der Waals surface area contributed by atoms with Gasteiger partial charge in [-0.3, -0.25) is 14.9 Å². The summed E-state index contributed by atoms with van der Waals surface area (Å²) in [6.45, 7) is -0.592. The molecule has 1 aromatic rings. The number of carbonyl (C=O) groups is 1. The SMILES string of the molecule is NC(=O)CNS(=O)(=O)c1cc([N+](=O)[O-])c(Cl)s1. The Morgan fingerprint density at radius 2 is 2.24 bits per heavy atom. The third-order valence-electron chi connectivity index (χ3n) is 1.54. The molecule has 0 fully saturated rings. The molecular weight excluding hydrogens is 294 g/mol. The van der Waals surface area contributed by atoms with Gasteiger partial charge < -0.3 is 5.73 Å². The molecular formula is C6H6ClN3O5S2. The summed E-state index contributed by atoms with van der Waals surface area (Å²) in [5.74, 6) is -0.870. The first kappa shape index (κ1) is 13.8. The van der Waals surface area contributed by atoms with Crippen LogP contribution in [0.4, 0.5) is 5.69 Å². The Kier molecular flexibility index (Phi) is 4.03. The van der Waals surface area contributed by atoms with Crippen LogP contribution in [0.15, 0.2) is 10.3 Å². The van der Waals surface area contributed by atoms with Crippen molar-refractivity contribution in [3.63, 3.8) is 0 Å². The fourth-order valence-electron chi connectivity index (χ4n) is 0.833. The topological polar surface area (TPSA) is 132 Å². The number of thiophene rings is 1. The lowest BCUT2D eigenvalue weighted by atomic mass is 10.6. The summed E-state index contributed by atoms with van der Waals surface area (Å²) in [6.07, 6.45) is 0. The van der Waals surface area contributed by atoms with Crippen molar-refractivity contribution in [1.29, 1.82) is 0 Å². The van der Waals surface area contributed by atoms with Crippen molar-refractivity contribution in [2.75, 3.05) is 6.54 Å². The molecule has 0 atom stereocenters. The van der Waals surface area contributed by atoms with Crippen LogP contribution in [0.5, 0.6) is 0 Å². The lowest BCUT2D eigenvalue weighted by Crippen LogP contribution is -2.32. The molecule has 0 aliphatic rings. The number of amides is 1. The van der Waals surface area contributed by atoms with E-state index in [-0.39, 0.29) is 8.55 Å². The van der Waals surface area contributed by atoms with Gasteiger partial charge in [-0.2, -0.15) is 0 Å². The molecule has 0 radical (unpaired) electrons. The zero-order chi connectivity index (χ0) is 13.2. The lowest BCUT2D eigenvalue weighted by molar-refractivity contribution is -0.384. The molecule has 3 N–H and O–H groups in total. The van der Waals surface area contributed by atoms with Crippen LogP contribution in [0.25, 0.3) is 0 Å². The molecule has 0 aliphatic carbocycles. The minimum Gasteiger partial charge on any atom is -0.369 e. The molecule has 1 amide bonds. The van der Waals surface area contributed by atoms with E-state index in [1.54, 1.807) is 0 Å². The van der Waals surface area contributed by atoms with Crippen LogP contribution in [-0.4, -0.2) is 25.8 Å². The van der Waals surface area contributed by atoms with Crippen LogP contribution < -0.4 is 10.5 Å². The van der Waals surface area contributed by atoms with Crippen molar-refractivity contribution < 1.29 is 18.1 Å². The van der Waals surface area contributed by atoms with Crippen molar-refractivity contribution >= 4 is 44.6 Å². The van der Waals surface area contributed by atoms with Crippen LogP contribution in [0.2, 0.25) is 4.34 Å². The zero-order valence-electron chi connectivity index (χ0n) is 8.04. The summed E-state index contributed by atoms with van der Waals surface area (Å²) >= 11 is 6.02. The average Bonchev–Trinajstić information content (AvgIpc) is 2.58. The second-order valence-electron chi connectivity index (χ2n) is 2.77. The Morgan fingerprint density at radius 3 is 2.65 bits per heavy atom. The number of rotatable bonds is 5. The minimum absolute atomic E-state index is 0.255. The van der Waals surface area contributed by atoms with Crippen LogP contribution in [0.3, 0.4) is 0 Å². The molecule has 17 heavy (non-hydrogen) atoms. The van der Waals surface area contributed by atoms with Gasteiger partial charge in [0.2, 0.25) is 5.91 Å². The largest absolute Gasteiger partial charge is 0.369 e. The van der Waals surface area contributed by atoms with E-state index in [1.807, 2.05) is 4.72 Å². The molecule has 0 unspecified atom stereocenters. The number of nitrogens with zero attached hydrogens (tertiary/aromatic N) is 1. The van der Waals surface area contributed by atoms with Gasteiger partial charge in [-0.1, -0.05) is 11.6 Å². The smallest absolute Gasteiger partial charge is 0.300 e. The quantitative estimate of drug-likeness (QED) is 0.586. The standard InChI is InChI=1S/C6H6ClN3O5S2/c7-6-3(10(12)13)1-5(16-6)17(14,15)9-2-4(8)11/h1,9H,2H2,(H2,8,11). The van der Waals surface area contributed by atoms with E-state index >= 15 is 0 Å². The number of sulfonamides is 1. The predicted molar refractivity (Wildman–Crippen MR) is 60.4 cm³/mol. The highest BCUT2D eigenvalue weighted by molar-refractivity contribution is 7.91. The highest BCUT2D eigenvalue weighted by Crippen LogP contribution is 2.35. The number of halogens is 1. The number of nitro groups is 1. The number of primary amides is 1. The van der Waals surface area contributed by atoms with Gasteiger partial charge in [0.1, 0.15) is 4.21 Å². The van der Waals surface area contributed by atoms with Gasteiger partial charge in [0.25, 0.3) is 15.7 Å². The Bertz CT molecular complexity index is 566. The van der Waals surface area contributed by atoms with Gasteiger partial charge in [0, 0.05) is 6.07 Å². The third kappa shape index (κ3) is 3.36. The number of hydrogen-bond acceptors (Lipinski definition) is 6. The normalized spacial score (nSPS) is 11.4. The van der Waals surface area contributed by atoms with Gasteiger partial charge in [-0.15, -0.1) is 11.3 Å². The van der Waals surface area contributed by atoms with Crippen molar-refractivity contribution in [3.8, 4) is 0 Å². The van der Waals surface area contributed by atoms with Crippen molar-refractivity contribution in [3.05, 3.63) is 20.5 Å². The van der Waals surface area contributed by atoms with Gasteiger partial charge in [0.15, 0.2) is 4.34 Å². The molecule has 11 heteroatoms. The summed E-state index contributed by atoms with van der Waals surface area (Å²) in [4.78, 5) is 20.1. The lowest BCUT2D eigenvalue weighted by Gasteiger charge is -2.00. The van der Waals surface area contributed by atoms with E-state index in [9.17, 15) is 23.3 Å². The Labute approximate surface area is 105 Å². The van der Waals surface area contributed by atoms with Crippen molar-refractivity contribution in [1.82, 2.24) is 4.72 Å². The highest BCUT2D eigenvalue weighted by Gasteiger charge is 2.25. The summed E-state index contributed by atoms with van der Waals surface area (Å²) in [5, 5.41) is 10.5. The molecule has 1 aromatic heterocycles. The van der Waals surface area contributed by atoms with E-state index in [4.69, 9.17) is 17.3 Å². The first-order chi connectivity index (χ1) is 7.74. The van der Waals surface area contributed by atoms with Gasteiger partial charge in [-0.05, 0) is 0 Å². The number of nitrogens with one attached hydrogen (secondary N) is 1. The van der Waals surface area contributed by atoms with E-state index in [0.717, 1.165) is 6.07 Å². The molecule has 0 spiro atoms. The Hall–Kier alpha value is -1.23. The molecule has 0 saturated carbocycles. The average molecular weight is 300 g/mol. The number of carbonyl (C=O) groups excluding carboxylic acids is 1. The molecule has 0 bridgehead atoms. The Morgan fingerprint density at radius 1 is 1.65 bits per heavy atom. The predicted octanol–water partition coefficient (Wildman–Crippen LogP) is 0.0733. The summed E-state index contributed by atoms with van der Waals surface area (Å²) in [6, 6.07) is 0.816. The fourth-order valence-corrected chi connectivity index (χ4v) is 3.53.